The third-order valence-corrected chi connectivity index (χ3v) is 2.15. The van der Waals surface area contributed by atoms with Crippen LogP contribution in [0.2, 0.25) is 0 Å². The highest BCUT2D eigenvalue weighted by Crippen LogP contribution is 1.94. The largest absolute Gasteiger partial charge is 0.481 e. The molecule has 0 rings (SSSR count). The van der Waals surface area contributed by atoms with E-state index in [9.17, 15) is 24.0 Å². The van der Waals surface area contributed by atoms with Crippen molar-refractivity contribution in [1.29, 1.82) is 0 Å². The molecule has 146 valence electrons. The molecular weight excluding hydrogens is 346 g/mol. The summed E-state index contributed by atoms with van der Waals surface area (Å²) in [6.07, 6.45) is -0.448. The van der Waals surface area contributed by atoms with Crippen LogP contribution in [-0.4, -0.2) is 74.0 Å². The lowest BCUT2D eigenvalue weighted by molar-refractivity contribution is -0.141. The van der Waals surface area contributed by atoms with Gasteiger partial charge in [0.05, 0.1) is 6.54 Å². The van der Waals surface area contributed by atoms with Crippen molar-refractivity contribution in [2.24, 2.45) is 17.2 Å². The van der Waals surface area contributed by atoms with Crippen molar-refractivity contribution in [3.63, 3.8) is 0 Å². The monoisotopic (exact) mass is 369 g/mol. The molecule has 0 bridgehead atoms. The molecule has 0 saturated heterocycles. The van der Waals surface area contributed by atoms with E-state index in [1.54, 1.807) is 0 Å². The predicted molar refractivity (Wildman–Crippen MR) is 81.7 cm³/mol. The molecule has 13 heteroatoms. The van der Waals surface area contributed by atoms with E-state index in [1.807, 2.05) is 0 Å². The fourth-order valence-electron chi connectivity index (χ4n) is 0.805. The van der Waals surface area contributed by atoms with Gasteiger partial charge in [0.2, 0.25) is 0 Å². The second-order valence-corrected chi connectivity index (χ2v) is 4.35. The van der Waals surface area contributed by atoms with Crippen molar-refractivity contribution in [3.05, 3.63) is 0 Å². The van der Waals surface area contributed by atoms with Crippen LogP contribution in [0.3, 0.4) is 0 Å². The lowest BCUT2D eigenvalue weighted by atomic mass is 10.2. The van der Waals surface area contributed by atoms with E-state index < -0.39 is 41.9 Å². The number of carboxylic acid groups (broad SMARTS) is 5. The average Bonchev–Trinajstić information content (AvgIpc) is 2.50. The number of aliphatic carboxylic acids is 5. The Balaban J connectivity index is -0.000000308. The Kier molecular flexibility index (Phi) is 17.4. The summed E-state index contributed by atoms with van der Waals surface area (Å²) in [5, 5.41) is 40.1. The van der Waals surface area contributed by atoms with Crippen molar-refractivity contribution in [1.82, 2.24) is 0 Å². The zero-order valence-electron chi connectivity index (χ0n) is 13.2. The Labute approximate surface area is 142 Å². The molecule has 2 unspecified atom stereocenters. The number of hydrogen-bond donors (Lipinski definition) is 8. The van der Waals surface area contributed by atoms with Gasteiger partial charge in [-0.25, -0.2) is 0 Å². The Morgan fingerprint density at radius 1 is 0.640 bits per heavy atom. The quantitative estimate of drug-likeness (QED) is 0.210. The highest BCUT2D eigenvalue weighted by atomic mass is 16.4. The fourth-order valence-corrected chi connectivity index (χ4v) is 0.805. The first kappa shape index (κ1) is 27.1. The molecule has 0 fully saturated rings. The Bertz CT molecular complexity index is 420. The maximum atomic E-state index is 9.99. The first-order valence-corrected chi connectivity index (χ1v) is 6.67. The van der Waals surface area contributed by atoms with E-state index in [0.717, 1.165) is 0 Å². The molecule has 2 atom stereocenters. The van der Waals surface area contributed by atoms with Crippen LogP contribution in [-0.2, 0) is 24.0 Å². The lowest BCUT2D eigenvalue weighted by Crippen LogP contribution is -2.30. The van der Waals surface area contributed by atoms with E-state index in [4.69, 9.17) is 37.0 Å². The Morgan fingerprint density at radius 2 is 0.880 bits per heavy atom. The van der Waals surface area contributed by atoms with E-state index in [2.05, 4.69) is 5.73 Å². The number of carboxylic acids is 5. The van der Waals surface area contributed by atoms with Crippen molar-refractivity contribution < 1.29 is 49.5 Å². The Hall–Kier alpha value is -2.77. The summed E-state index contributed by atoms with van der Waals surface area (Å²) in [7, 11) is 0. The molecule has 0 aliphatic heterocycles. The van der Waals surface area contributed by atoms with Gasteiger partial charge in [-0.3, -0.25) is 24.0 Å². The summed E-state index contributed by atoms with van der Waals surface area (Å²) in [6, 6.07) is -2.12. The molecule has 13 nitrogen and oxygen atoms in total. The van der Waals surface area contributed by atoms with Gasteiger partial charge in [0.1, 0.15) is 12.1 Å². The third-order valence-electron chi connectivity index (χ3n) is 2.15. The minimum Gasteiger partial charge on any atom is -0.481 e. The van der Waals surface area contributed by atoms with Crippen LogP contribution >= 0.6 is 0 Å². The third kappa shape index (κ3) is 26.4. The molecule has 11 N–H and O–H groups in total. The molecule has 0 radical (unpaired) electrons. The van der Waals surface area contributed by atoms with E-state index in [1.165, 1.54) is 0 Å². The SMILES string of the molecule is NC(CCC(=O)O)C(=O)O.NC(CCC(=O)O)C(=O)O.NCC(=O)O. The number of rotatable bonds is 9. The van der Waals surface area contributed by atoms with Crippen LogP contribution in [0, 0.1) is 0 Å². The summed E-state index contributed by atoms with van der Waals surface area (Å²) in [4.78, 5) is 49.0. The summed E-state index contributed by atoms with van der Waals surface area (Å²) >= 11 is 0. The lowest BCUT2D eigenvalue weighted by Gasteiger charge is -2.01. The summed E-state index contributed by atoms with van der Waals surface area (Å²) in [5.74, 6) is -5.36. The normalized spacial score (nSPS) is 11.5. The minimum atomic E-state index is -1.17. The zero-order valence-corrected chi connectivity index (χ0v) is 13.2. The van der Waals surface area contributed by atoms with Gasteiger partial charge in [-0.15, -0.1) is 0 Å². The smallest absolute Gasteiger partial charge is 0.320 e. The minimum absolute atomic E-state index is 0.0231. The second-order valence-electron chi connectivity index (χ2n) is 4.35. The van der Waals surface area contributed by atoms with Crippen LogP contribution in [0.15, 0.2) is 0 Å². The van der Waals surface area contributed by atoms with Crippen LogP contribution in [0.4, 0.5) is 0 Å². The first-order valence-electron chi connectivity index (χ1n) is 6.67. The molecule has 0 aromatic heterocycles. The number of hydrogen-bond acceptors (Lipinski definition) is 8. The zero-order chi connectivity index (χ0) is 20.6. The maximum absolute atomic E-state index is 9.99. The molecule has 0 aromatic rings. The first-order chi connectivity index (χ1) is 11.3. The summed E-state index contributed by atoms with van der Waals surface area (Å²) in [6.45, 7) is -0.278. The molecule has 0 amide bonds. The van der Waals surface area contributed by atoms with Gasteiger partial charge in [0, 0.05) is 12.8 Å². The van der Waals surface area contributed by atoms with Crippen molar-refractivity contribution in [2.75, 3.05) is 6.54 Å². The summed E-state index contributed by atoms with van der Waals surface area (Å²) in [5.41, 5.74) is 14.6. The van der Waals surface area contributed by atoms with E-state index in [-0.39, 0.29) is 32.2 Å². The summed E-state index contributed by atoms with van der Waals surface area (Å²) < 4.78 is 0. The molecule has 0 heterocycles. The second kappa shape index (κ2) is 16.1. The van der Waals surface area contributed by atoms with Crippen molar-refractivity contribution in [2.45, 2.75) is 37.8 Å². The van der Waals surface area contributed by atoms with Gasteiger partial charge in [0.25, 0.3) is 0 Å². The predicted octanol–water partition coefficient (Wildman–Crippen LogP) is -2.44. The highest BCUT2D eigenvalue weighted by molar-refractivity contribution is 5.75. The average molecular weight is 369 g/mol. The molecule has 25 heavy (non-hydrogen) atoms. The van der Waals surface area contributed by atoms with E-state index in [0.29, 0.717) is 0 Å². The van der Waals surface area contributed by atoms with Crippen LogP contribution in [0.25, 0.3) is 0 Å². The van der Waals surface area contributed by atoms with Gasteiger partial charge in [-0.1, -0.05) is 0 Å². The molecule has 0 aliphatic carbocycles. The van der Waals surface area contributed by atoms with Crippen molar-refractivity contribution >= 4 is 29.8 Å². The molecule has 0 spiro atoms. The molecule has 0 aromatic carbocycles. The van der Waals surface area contributed by atoms with Gasteiger partial charge in [0.15, 0.2) is 0 Å². The van der Waals surface area contributed by atoms with Gasteiger partial charge in [-0.2, -0.15) is 0 Å². The number of nitrogens with two attached hydrogens (primary N) is 3. The van der Waals surface area contributed by atoms with Crippen LogP contribution < -0.4 is 17.2 Å². The van der Waals surface area contributed by atoms with Gasteiger partial charge in [-0.05, 0) is 12.8 Å². The van der Waals surface area contributed by atoms with E-state index >= 15 is 0 Å². The fraction of sp³-hybridized carbons (Fsp3) is 0.583. The van der Waals surface area contributed by atoms with Crippen molar-refractivity contribution in [3.8, 4) is 0 Å². The van der Waals surface area contributed by atoms with Crippen LogP contribution in [0.1, 0.15) is 25.7 Å². The Morgan fingerprint density at radius 3 is 1.00 bits per heavy atom. The maximum Gasteiger partial charge on any atom is 0.320 e. The highest BCUT2D eigenvalue weighted by Gasteiger charge is 2.12. The van der Waals surface area contributed by atoms with Gasteiger partial charge >= 0.3 is 29.8 Å². The standard InChI is InChI=1S/2C5H9NO4.C2H5NO2/c2*6-3(5(9)10)1-2-4(7)8;3-1-2(4)5/h2*3H,1-2,6H2,(H,7,8)(H,9,10);1,3H2,(H,4,5). The van der Waals surface area contributed by atoms with Gasteiger partial charge < -0.3 is 42.7 Å². The topological polar surface area (TPSA) is 265 Å². The molecule has 0 aliphatic rings. The molecule has 0 saturated carbocycles. The molecular formula is C12H23N3O10. The number of carbonyl (C=O) groups is 5. The van der Waals surface area contributed by atoms with Crippen LogP contribution in [0.5, 0.6) is 0 Å².